The van der Waals surface area contributed by atoms with Crippen molar-refractivity contribution in [1.29, 1.82) is 0 Å². The number of hydrogen-bond donors (Lipinski definition) is 1. The molecule has 1 aliphatic rings. The predicted octanol–water partition coefficient (Wildman–Crippen LogP) is 2.71. The van der Waals surface area contributed by atoms with Crippen LogP contribution in [0.15, 0.2) is 6.33 Å². The molecular weight excluding hydrogens is 224 g/mol. The van der Waals surface area contributed by atoms with Gasteiger partial charge < -0.3 is 9.88 Å². The quantitative estimate of drug-likeness (QED) is 0.789. The Hall–Kier alpha value is -0.900. The molecule has 4 nitrogen and oxygen atoms in total. The first-order valence-electron chi connectivity index (χ1n) is 7.39. The van der Waals surface area contributed by atoms with E-state index in [-0.39, 0.29) is 0 Å². The SMILES string of the molecule is CC(C)NCCCc1nncn1C1CCCCC1. The van der Waals surface area contributed by atoms with Gasteiger partial charge in [-0.05, 0) is 25.8 Å². The van der Waals surface area contributed by atoms with Crippen LogP contribution in [0.25, 0.3) is 0 Å². The topological polar surface area (TPSA) is 42.7 Å². The number of aryl methyl sites for hydroxylation is 1. The summed E-state index contributed by atoms with van der Waals surface area (Å²) in [5.74, 6) is 1.17. The molecule has 0 amide bonds. The minimum atomic E-state index is 0.571. The molecule has 0 aromatic carbocycles. The van der Waals surface area contributed by atoms with Gasteiger partial charge >= 0.3 is 0 Å². The number of aromatic nitrogens is 3. The summed E-state index contributed by atoms with van der Waals surface area (Å²) in [7, 11) is 0. The van der Waals surface area contributed by atoms with E-state index in [2.05, 4.69) is 33.9 Å². The van der Waals surface area contributed by atoms with E-state index < -0.39 is 0 Å². The third-order valence-corrected chi connectivity index (χ3v) is 3.75. The van der Waals surface area contributed by atoms with E-state index in [4.69, 9.17) is 0 Å². The molecule has 0 aliphatic heterocycles. The average Bonchev–Trinajstić information content (AvgIpc) is 2.84. The van der Waals surface area contributed by atoms with Gasteiger partial charge in [-0.1, -0.05) is 33.1 Å². The maximum absolute atomic E-state index is 4.29. The molecule has 0 radical (unpaired) electrons. The number of nitrogens with one attached hydrogen (secondary N) is 1. The molecule has 1 N–H and O–H groups in total. The summed E-state index contributed by atoms with van der Waals surface area (Å²) in [6.45, 7) is 5.43. The maximum atomic E-state index is 4.29. The van der Waals surface area contributed by atoms with Crippen LogP contribution in [-0.2, 0) is 6.42 Å². The van der Waals surface area contributed by atoms with Gasteiger partial charge in [0.2, 0.25) is 0 Å². The third-order valence-electron chi connectivity index (χ3n) is 3.75. The zero-order valence-corrected chi connectivity index (χ0v) is 11.7. The summed E-state index contributed by atoms with van der Waals surface area (Å²) < 4.78 is 2.33. The molecule has 18 heavy (non-hydrogen) atoms. The summed E-state index contributed by atoms with van der Waals surface area (Å²) in [5.41, 5.74) is 0. The lowest BCUT2D eigenvalue weighted by molar-refractivity contribution is 0.344. The lowest BCUT2D eigenvalue weighted by atomic mass is 9.95. The summed E-state index contributed by atoms with van der Waals surface area (Å²) in [4.78, 5) is 0. The molecule has 1 heterocycles. The second-order valence-electron chi connectivity index (χ2n) is 5.66. The number of rotatable bonds is 6. The molecule has 0 unspecified atom stereocenters. The van der Waals surface area contributed by atoms with Crippen molar-refractivity contribution in [2.45, 2.75) is 70.9 Å². The van der Waals surface area contributed by atoms with Crippen molar-refractivity contribution in [1.82, 2.24) is 20.1 Å². The standard InChI is InChI=1S/C14H26N4/c1-12(2)15-10-6-9-14-17-16-11-18(14)13-7-4-3-5-8-13/h11-13,15H,3-10H2,1-2H3. The van der Waals surface area contributed by atoms with Gasteiger partial charge in [0.05, 0.1) is 0 Å². The van der Waals surface area contributed by atoms with Crippen LogP contribution in [0.5, 0.6) is 0 Å². The van der Waals surface area contributed by atoms with E-state index in [0.29, 0.717) is 12.1 Å². The van der Waals surface area contributed by atoms with Crippen molar-refractivity contribution in [3.8, 4) is 0 Å². The average molecular weight is 250 g/mol. The fraction of sp³-hybridized carbons (Fsp3) is 0.857. The first-order valence-corrected chi connectivity index (χ1v) is 7.39. The fourth-order valence-electron chi connectivity index (χ4n) is 2.75. The summed E-state index contributed by atoms with van der Waals surface area (Å²) in [5, 5.41) is 11.8. The van der Waals surface area contributed by atoms with Crippen molar-refractivity contribution in [3.05, 3.63) is 12.2 Å². The lowest BCUT2D eigenvalue weighted by Crippen LogP contribution is -2.24. The van der Waals surface area contributed by atoms with Crippen molar-refractivity contribution in [3.63, 3.8) is 0 Å². The van der Waals surface area contributed by atoms with Gasteiger partial charge in [0.25, 0.3) is 0 Å². The molecule has 1 aromatic rings. The molecule has 0 bridgehead atoms. The Morgan fingerprint density at radius 3 is 2.83 bits per heavy atom. The highest BCUT2D eigenvalue weighted by Gasteiger charge is 2.17. The molecule has 0 atom stereocenters. The smallest absolute Gasteiger partial charge is 0.133 e. The van der Waals surface area contributed by atoms with Crippen LogP contribution in [0.3, 0.4) is 0 Å². The first-order chi connectivity index (χ1) is 8.77. The van der Waals surface area contributed by atoms with Crippen molar-refractivity contribution in [2.24, 2.45) is 0 Å². The van der Waals surface area contributed by atoms with E-state index in [1.807, 2.05) is 6.33 Å². The molecule has 0 spiro atoms. The fourth-order valence-corrected chi connectivity index (χ4v) is 2.75. The highest BCUT2D eigenvalue weighted by atomic mass is 15.3. The molecule has 4 heteroatoms. The minimum Gasteiger partial charge on any atom is -0.315 e. The van der Waals surface area contributed by atoms with Crippen LogP contribution in [0.2, 0.25) is 0 Å². The van der Waals surface area contributed by atoms with Crippen LogP contribution < -0.4 is 5.32 Å². The molecule has 0 saturated heterocycles. The molecular formula is C14H26N4. The van der Waals surface area contributed by atoms with Crippen LogP contribution in [0.1, 0.15) is 64.2 Å². The molecule has 1 aromatic heterocycles. The van der Waals surface area contributed by atoms with E-state index in [1.165, 1.54) is 37.9 Å². The normalized spacial score (nSPS) is 17.5. The first kappa shape index (κ1) is 13.5. The molecule has 1 saturated carbocycles. The van der Waals surface area contributed by atoms with Gasteiger partial charge in [-0.2, -0.15) is 0 Å². The minimum absolute atomic E-state index is 0.571. The van der Waals surface area contributed by atoms with Gasteiger partial charge in [0.15, 0.2) is 0 Å². The van der Waals surface area contributed by atoms with E-state index in [9.17, 15) is 0 Å². The van der Waals surface area contributed by atoms with Gasteiger partial charge in [-0.25, -0.2) is 0 Å². The van der Waals surface area contributed by atoms with Gasteiger partial charge in [0.1, 0.15) is 12.2 Å². The molecule has 1 fully saturated rings. The lowest BCUT2D eigenvalue weighted by Gasteiger charge is -2.24. The van der Waals surface area contributed by atoms with E-state index in [0.717, 1.165) is 19.4 Å². The van der Waals surface area contributed by atoms with Crippen LogP contribution >= 0.6 is 0 Å². The Bertz CT molecular complexity index is 339. The summed E-state index contributed by atoms with van der Waals surface area (Å²) in [6.07, 6.45) is 10.8. The van der Waals surface area contributed by atoms with Crippen LogP contribution in [0.4, 0.5) is 0 Å². The Balaban J connectivity index is 1.83. The van der Waals surface area contributed by atoms with Crippen molar-refractivity contribution >= 4 is 0 Å². The molecule has 2 rings (SSSR count). The highest BCUT2D eigenvalue weighted by Crippen LogP contribution is 2.28. The largest absolute Gasteiger partial charge is 0.315 e. The van der Waals surface area contributed by atoms with Gasteiger partial charge in [-0.3, -0.25) is 0 Å². The molecule has 1 aliphatic carbocycles. The van der Waals surface area contributed by atoms with Crippen LogP contribution in [-0.4, -0.2) is 27.4 Å². The van der Waals surface area contributed by atoms with Crippen molar-refractivity contribution in [2.75, 3.05) is 6.54 Å². The third kappa shape index (κ3) is 3.80. The van der Waals surface area contributed by atoms with Crippen LogP contribution in [0, 0.1) is 0 Å². The number of nitrogens with zero attached hydrogens (tertiary/aromatic N) is 3. The second kappa shape index (κ2) is 6.88. The van der Waals surface area contributed by atoms with Gasteiger partial charge in [0, 0.05) is 18.5 Å². The number of hydrogen-bond acceptors (Lipinski definition) is 3. The highest BCUT2D eigenvalue weighted by molar-refractivity contribution is 4.91. The van der Waals surface area contributed by atoms with Gasteiger partial charge in [-0.15, -0.1) is 10.2 Å². The monoisotopic (exact) mass is 250 g/mol. The zero-order valence-electron chi connectivity index (χ0n) is 11.7. The predicted molar refractivity (Wildman–Crippen MR) is 73.6 cm³/mol. The maximum Gasteiger partial charge on any atom is 0.133 e. The summed E-state index contributed by atoms with van der Waals surface area (Å²) >= 11 is 0. The summed E-state index contributed by atoms with van der Waals surface area (Å²) in [6, 6.07) is 1.23. The van der Waals surface area contributed by atoms with Crippen molar-refractivity contribution < 1.29 is 0 Å². The molecule has 102 valence electrons. The van der Waals surface area contributed by atoms with E-state index in [1.54, 1.807) is 0 Å². The Morgan fingerprint density at radius 1 is 1.33 bits per heavy atom. The van der Waals surface area contributed by atoms with E-state index >= 15 is 0 Å². The Morgan fingerprint density at radius 2 is 2.11 bits per heavy atom. The Kier molecular flexibility index (Phi) is 5.17. The zero-order chi connectivity index (χ0) is 12.8. The Labute approximate surface area is 110 Å². The second-order valence-corrected chi connectivity index (χ2v) is 5.66.